The average molecular weight is 323 g/mol. The molecular formula is C14H13NO6S. The molecule has 0 spiro atoms. The van der Waals surface area contributed by atoms with Crippen molar-refractivity contribution in [3.63, 3.8) is 0 Å². The van der Waals surface area contributed by atoms with Crippen molar-refractivity contribution in [3.05, 3.63) is 28.7 Å². The number of amides is 2. The maximum absolute atomic E-state index is 11.5. The van der Waals surface area contributed by atoms with Gasteiger partial charge in [-0.05, 0) is 35.5 Å². The smallest absolute Gasteiger partial charge is 0.306 e. The molecule has 0 radical (unpaired) electrons. The molecule has 0 unspecified atom stereocenters. The molecule has 2 N–H and O–H groups in total. The van der Waals surface area contributed by atoms with Crippen LogP contribution in [-0.2, 0) is 9.59 Å². The number of methoxy groups -OCH3 is 1. The number of carbonyl (C=O) groups is 3. The molecule has 0 saturated carbocycles. The lowest BCUT2D eigenvalue weighted by Crippen LogP contribution is -2.17. The summed E-state index contributed by atoms with van der Waals surface area (Å²) in [4.78, 5) is 33.3. The monoisotopic (exact) mass is 323 g/mol. The Hall–Kier alpha value is -2.48. The predicted molar refractivity (Wildman–Crippen MR) is 79.8 cm³/mol. The number of carbonyl (C=O) groups excluding carboxylic acids is 2. The number of rotatable bonds is 6. The summed E-state index contributed by atoms with van der Waals surface area (Å²) in [6.45, 7) is 0.0267. The number of carboxylic acid groups (broad SMARTS) is 1. The zero-order chi connectivity index (χ0) is 16.1. The van der Waals surface area contributed by atoms with E-state index in [1.165, 1.54) is 7.11 Å². The van der Waals surface area contributed by atoms with Crippen LogP contribution in [0, 0.1) is 0 Å². The molecule has 116 valence electrons. The van der Waals surface area contributed by atoms with Crippen molar-refractivity contribution in [2.75, 3.05) is 13.7 Å². The SMILES string of the molecule is COc1cc(/C=C2/SC(=O)NC2=O)ccc1OCCC(=O)O. The van der Waals surface area contributed by atoms with E-state index in [-0.39, 0.29) is 13.0 Å². The third kappa shape index (κ3) is 4.01. The van der Waals surface area contributed by atoms with E-state index in [0.29, 0.717) is 22.0 Å². The minimum absolute atomic E-state index is 0.0267. The maximum Gasteiger partial charge on any atom is 0.306 e. The zero-order valence-electron chi connectivity index (χ0n) is 11.6. The summed E-state index contributed by atoms with van der Waals surface area (Å²) in [5.74, 6) is -0.565. The fourth-order valence-electron chi connectivity index (χ4n) is 1.71. The van der Waals surface area contributed by atoms with Crippen molar-refractivity contribution >= 4 is 35.0 Å². The van der Waals surface area contributed by atoms with E-state index >= 15 is 0 Å². The van der Waals surface area contributed by atoms with Gasteiger partial charge in [0, 0.05) is 0 Å². The Morgan fingerprint density at radius 3 is 2.73 bits per heavy atom. The van der Waals surface area contributed by atoms with E-state index in [0.717, 1.165) is 11.8 Å². The lowest BCUT2D eigenvalue weighted by Gasteiger charge is -2.10. The molecule has 1 saturated heterocycles. The highest BCUT2D eigenvalue weighted by atomic mass is 32.2. The molecule has 2 amide bonds. The highest BCUT2D eigenvalue weighted by molar-refractivity contribution is 8.18. The number of hydrogen-bond acceptors (Lipinski definition) is 6. The molecule has 1 aliphatic heterocycles. The molecule has 0 bridgehead atoms. The molecule has 0 aromatic heterocycles. The molecule has 1 aromatic rings. The van der Waals surface area contributed by atoms with E-state index in [9.17, 15) is 14.4 Å². The molecule has 7 nitrogen and oxygen atoms in total. The van der Waals surface area contributed by atoms with Gasteiger partial charge >= 0.3 is 5.97 Å². The summed E-state index contributed by atoms with van der Waals surface area (Å²) in [6, 6.07) is 4.94. The summed E-state index contributed by atoms with van der Waals surface area (Å²) in [5, 5.41) is 10.3. The Bertz CT molecular complexity index is 655. The van der Waals surface area contributed by atoms with Gasteiger partial charge in [-0.1, -0.05) is 6.07 Å². The fourth-order valence-corrected chi connectivity index (χ4v) is 2.40. The quantitative estimate of drug-likeness (QED) is 0.770. The number of ether oxygens (including phenoxy) is 2. The van der Waals surface area contributed by atoms with Crippen LogP contribution in [0.3, 0.4) is 0 Å². The second kappa shape index (κ2) is 6.99. The molecule has 1 fully saturated rings. The lowest BCUT2D eigenvalue weighted by atomic mass is 10.2. The van der Waals surface area contributed by atoms with Crippen molar-refractivity contribution in [2.45, 2.75) is 6.42 Å². The van der Waals surface area contributed by atoms with Crippen LogP contribution in [0.15, 0.2) is 23.1 Å². The summed E-state index contributed by atoms with van der Waals surface area (Å²) in [6.07, 6.45) is 1.45. The van der Waals surface area contributed by atoms with Crippen LogP contribution in [0.1, 0.15) is 12.0 Å². The third-order valence-electron chi connectivity index (χ3n) is 2.70. The highest BCUT2D eigenvalue weighted by Crippen LogP contribution is 2.31. The molecule has 1 aromatic carbocycles. The minimum atomic E-state index is -0.950. The van der Waals surface area contributed by atoms with Gasteiger partial charge in [-0.2, -0.15) is 0 Å². The molecule has 2 rings (SSSR count). The van der Waals surface area contributed by atoms with Gasteiger partial charge in [-0.15, -0.1) is 0 Å². The van der Waals surface area contributed by atoms with Crippen molar-refractivity contribution in [1.29, 1.82) is 0 Å². The number of thioether (sulfide) groups is 1. The summed E-state index contributed by atoms with van der Waals surface area (Å²) < 4.78 is 10.5. The number of benzene rings is 1. The normalized spacial score (nSPS) is 15.8. The second-order valence-corrected chi connectivity index (χ2v) is 5.27. The van der Waals surface area contributed by atoms with Crippen molar-refractivity contribution in [1.82, 2.24) is 5.32 Å². The highest BCUT2D eigenvalue weighted by Gasteiger charge is 2.25. The minimum Gasteiger partial charge on any atom is -0.493 e. The molecule has 22 heavy (non-hydrogen) atoms. The second-order valence-electron chi connectivity index (χ2n) is 4.25. The molecule has 1 aliphatic rings. The van der Waals surface area contributed by atoms with Gasteiger partial charge < -0.3 is 14.6 Å². The molecule has 0 aliphatic carbocycles. The Morgan fingerprint density at radius 1 is 1.36 bits per heavy atom. The maximum atomic E-state index is 11.5. The Kier molecular flexibility index (Phi) is 5.05. The molecule has 0 atom stereocenters. The summed E-state index contributed by atoms with van der Waals surface area (Å²) >= 11 is 0.827. The Morgan fingerprint density at radius 2 is 2.14 bits per heavy atom. The number of aliphatic carboxylic acids is 1. The van der Waals surface area contributed by atoms with Gasteiger partial charge in [-0.25, -0.2) is 0 Å². The van der Waals surface area contributed by atoms with Crippen LogP contribution in [0.25, 0.3) is 6.08 Å². The van der Waals surface area contributed by atoms with Crippen LogP contribution in [0.4, 0.5) is 4.79 Å². The van der Waals surface area contributed by atoms with Crippen molar-refractivity contribution in [2.24, 2.45) is 0 Å². The van der Waals surface area contributed by atoms with Gasteiger partial charge in [0.1, 0.15) is 0 Å². The van der Waals surface area contributed by atoms with Gasteiger partial charge in [0.2, 0.25) is 0 Å². The average Bonchev–Trinajstić information content (AvgIpc) is 2.77. The standard InChI is InChI=1S/C14H13NO6S/c1-20-10-6-8(7-11-13(18)15-14(19)22-11)2-3-9(10)21-5-4-12(16)17/h2-3,6-7H,4-5H2,1H3,(H,16,17)(H,15,18,19)/b11-7+. The van der Waals surface area contributed by atoms with Gasteiger partial charge in [0.05, 0.1) is 25.0 Å². The first-order valence-electron chi connectivity index (χ1n) is 6.27. The number of nitrogens with one attached hydrogen (secondary N) is 1. The van der Waals surface area contributed by atoms with Crippen LogP contribution >= 0.6 is 11.8 Å². The van der Waals surface area contributed by atoms with Crippen molar-refractivity contribution < 1.29 is 29.0 Å². The number of carboxylic acids is 1. The molecule has 8 heteroatoms. The third-order valence-corrected chi connectivity index (χ3v) is 3.51. The number of hydrogen-bond donors (Lipinski definition) is 2. The van der Waals surface area contributed by atoms with E-state index in [1.807, 2.05) is 0 Å². The van der Waals surface area contributed by atoms with Gasteiger partial charge in [0.15, 0.2) is 11.5 Å². The van der Waals surface area contributed by atoms with Crippen LogP contribution in [-0.4, -0.2) is 35.9 Å². The zero-order valence-corrected chi connectivity index (χ0v) is 12.4. The van der Waals surface area contributed by atoms with Gasteiger partial charge in [0.25, 0.3) is 11.1 Å². The summed E-state index contributed by atoms with van der Waals surface area (Å²) in [7, 11) is 1.46. The van der Waals surface area contributed by atoms with E-state index in [4.69, 9.17) is 14.6 Å². The Labute approximate surface area is 130 Å². The first kappa shape index (κ1) is 15.9. The molecular weight excluding hydrogens is 310 g/mol. The first-order valence-corrected chi connectivity index (χ1v) is 7.08. The Balaban J connectivity index is 2.15. The molecule has 1 heterocycles. The van der Waals surface area contributed by atoms with Crippen LogP contribution < -0.4 is 14.8 Å². The lowest BCUT2D eigenvalue weighted by molar-refractivity contribution is -0.137. The van der Waals surface area contributed by atoms with Gasteiger partial charge in [-0.3, -0.25) is 19.7 Å². The number of imide groups is 1. The van der Waals surface area contributed by atoms with Crippen LogP contribution in [0.2, 0.25) is 0 Å². The largest absolute Gasteiger partial charge is 0.493 e. The van der Waals surface area contributed by atoms with E-state index in [2.05, 4.69) is 5.32 Å². The predicted octanol–water partition coefficient (Wildman–Crippen LogP) is 1.87. The van der Waals surface area contributed by atoms with Crippen LogP contribution in [0.5, 0.6) is 11.5 Å². The fraction of sp³-hybridized carbons (Fsp3) is 0.214. The van der Waals surface area contributed by atoms with E-state index < -0.39 is 17.1 Å². The topological polar surface area (TPSA) is 102 Å². The summed E-state index contributed by atoms with van der Waals surface area (Å²) in [5.41, 5.74) is 0.662. The first-order chi connectivity index (χ1) is 10.5. The van der Waals surface area contributed by atoms with E-state index in [1.54, 1.807) is 24.3 Å². The van der Waals surface area contributed by atoms with Crippen molar-refractivity contribution in [3.8, 4) is 11.5 Å².